The van der Waals surface area contributed by atoms with Crippen LogP contribution in [0.1, 0.15) is 30.1 Å². The molecule has 2 heterocycles. The van der Waals surface area contributed by atoms with Crippen LogP contribution in [0.5, 0.6) is 5.75 Å². The molecule has 0 saturated carbocycles. The molecule has 140 valence electrons. The number of nitrogens with zero attached hydrogens (tertiary/aromatic N) is 3. The zero-order valence-electron chi connectivity index (χ0n) is 16.1. The van der Waals surface area contributed by atoms with Crippen LogP contribution in [0.3, 0.4) is 0 Å². The van der Waals surface area contributed by atoms with E-state index in [2.05, 4.69) is 58.2 Å². The van der Waals surface area contributed by atoms with Gasteiger partial charge in [0.2, 0.25) is 0 Å². The van der Waals surface area contributed by atoms with Crippen molar-refractivity contribution in [2.75, 3.05) is 31.7 Å². The molecule has 1 aliphatic rings. The van der Waals surface area contributed by atoms with E-state index in [9.17, 15) is 0 Å². The molecule has 1 unspecified atom stereocenters. The van der Waals surface area contributed by atoms with E-state index in [1.54, 1.807) is 7.11 Å². The molecule has 2 aromatic carbocycles. The maximum absolute atomic E-state index is 6.09. The molecule has 1 aliphatic heterocycles. The van der Waals surface area contributed by atoms with Gasteiger partial charge in [0.15, 0.2) is 0 Å². The average Bonchev–Trinajstić information content (AvgIpc) is 2.72. The van der Waals surface area contributed by atoms with Gasteiger partial charge in [-0.3, -0.25) is 0 Å². The molecular weight excluding hydrogens is 338 g/mol. The summed E-state index contributed by atoms with van der Waals surface area (Å²) in [5.41, 5.74) is 2.28. The van der Waals surface area contributed by atoms with Crippen molar-refractivity contribution in [2.24, 2.45) is 0 Å². The molecule has 1 aromatic heterocycles. The third-order valence-corrected chi connectivity index (χ3v) is 5.07. The Labute approximate surface area is 160 Å². The summed E-state index contributed by atoms with van der Waals surface area (Å²) in [4.78, 5) is 11.4. The van der Waals surface area contributed by atoms with Crippen molar-refractivity contribution in [3.8, 4) is 5.75 Å². The minimum absolute atomic E-state index is 0.0330. The molecule has 5 nitrogen and oxygen atoms in total. The summed E-state index contributed by atoms with van der Waals surface area (Å²) in [6.07, 6.45) is 0.948. The minimum Gasteiger partial charge on any atom is -0.497 e. The smallest absolute Gasteiger partial charge is 0.132 e. The first kappa shape index (κ1) is 17.7. The van der Waals surface area contributed by atoms with Gasteiger partial charge >= 0.3 is 0 Å². The summed E-state index contributed by atoms with van der Waals surface area (Å²) in [5.74, 6) is 2.70. The lowest BCUT2D eigenvalue weighted by Crippen LogP contribution is -2.39. The van der Waals surface area contributed by atoms with Gasteiger partial charge in [-0.2, -0.15) is 0 Å². The highest BCUT2D eigenvalue weighted by molar-refractivity contribution is 5.84. The predicted molar refractivity (Wildman–Crippen MR) is 108 cm³/mol. The maximum atomic E-state index is 6.09. The normalized spacial score (nSPS) is 17.3. The summed E-state index contributed by atoms with van der Waals surface area (Å²) < 4.78 is 11.4. The Bertz CT molecular complexity index is 957. The minimum atomic E-state index is 0.0330. The van der Waals surface area contributed by atoms with Crippen LogP contribution in [0.2, 0.25) is 0 Å². The van der Waals surface area contributed by atoms with Crippen molar-refractivity contribution in [3.05, 3.63) is 59.5 Å². The van der Waals surface area contributed by atoms with Crippen molar-refractivity contribution in [1.29, 1.82) is 0 Å². The Kier molecular flexibility index (Phi) is 4.94. The maximum Gasteiger partial charge on any atom is 0.132 e. The molecule has 0 bridgehead atoms. The topological polar surface area (TPSA) is 47.5 Å². The van der Waals surface area contributed by atoms with Crippen LogP contribution in [-0.4, -0.2) is 36.8 Å². The standard InChI is InChI=1S/C22H25N3O2/c1-4-19-13-22(24-15(2)23-19)25-9-10-27-21(14-25)18-6-5-17-12-20(26-3)8-7-16(17)11-18/h5-8,11-13,21H,4,9-10,14H2,1-3H3. The van der Waals surface area contributed by atoms with Crippen LogP contribution < -0.4 is 9.64 Å². The van der Waals surface area contributed by atoms with Gasteiger partial charge in [0.25, 0.3) is 0 Å². The zero-order valence-corrected chi connectivity index (χ0v) is 16.1. The van der Waals surface area contributed by atoms with E-state index in [1.165, 1.54) is 16.3 Å². The second-order valence-electron chi connectivity index (χ2n) is 6.90. The Hall–Kier alpha value is -2.66. The van der Waals surface area contributed by atoms with E-state index in [0.29, 0.717) is 6.61 Å². The number of fused-ring (bicyclic) bond motifs is 1. The second kappa shape index (κ2) is 7.53. The van der Waals surface area contributed by atoms with Crippen LogP contribution in [0.4, 0.5) is 5.82 Å². The van der Waals surface area contributed by atoms with E-state index in [4.69, 9.17) is 9.47 Å². The van der Waals surface area contributed by atoms with Gasteiger partial charge < -0.3 is 14.4 Å². The van der Waals surface area contributed by atoms with Gasteiger partial charge in [-0.05, 0) is 47.9 Å². The fourth-order valence-corrected chi connectivity index (χ4v) is 3.58. The van der Waals surface area contributed by atoms with Crippen molar-refractivity contribution >= 4 is 16.6 Å². The Morgan fingerprint density at radius 1 is 1.11 bits per heavy atom. The molecule has 0 amide bonds. The number of ether oxygens (including phenoxy) is 2. The molecule has 0 aliphatic carbocycles. The summed E-state index contributed by atoms with van der Waals surface area (Å²) in [6.45, 7) is 6.41. The lowest BCUT2D eigenvalue weighted by molar-refractivity contribution is 0.0396. The number of anilines is 1. The summed E-state index contributed by atoms with van der Waals surface area (Å²) in [5, 5.41) is 2.37. The quantitative estimate of drug-likeness (QED) is 0.699. The first-order valence-corrected chi connectivity index (χ1v) is 9.45. The number of benzene rings is 2. The number of morpholine rings is 1. The van der Waals surface area contributed by atoms with Gasteiger partial charge in [0, 0.05) is 24.8 Å². The molecule has 0 spiro atoms. The zero-order chi connectivity index (χ0) is 18.8. The Balaban J connectivity index is 1.59. The highest BCUT2D eigenvalue weighted by Gasteiger charge is 2.23. The largest absolute Gasteiger partial charge is 0.497 e. The number of aryl methyl sites for hydroxylation is 2. The van der Waals surface area contributed by atoms with Crippen LogP contribution in [0.25, 0.3) is 10.8 Å². The molecule has 0 radical (unpaired) electrons. The van der Waals surface area contributed by atoms with Crippen LogP contribution in [-0.2, 0) is 11.2 Å². The number of rotatable bonds is 4. The molecule has 3 aromatic rings. The van der Waals surface area contributed by atoms with Crippen LogP contribution in [0.15, 0.2) is 42.5 Å². The van der Waals surface area contributed by atoms with Gasteiger partial charge in [0.05, 0.1) is 13.7 Å². The van der Waals surface area contributed by atoms with Gasteiger partial charge in [-0.1, -0.05) is 25.1 Å². The van der Waals surface area contributed by atoms with Crippen molar-refractivity contribution in [1.82, 2.24) is 9.97 Å². The SMILES string of the molecule is CCc1cc(N2CCOC(c3ccc4cc(OC)ccc4c3)C2)nc(C)n1. The number of hydrogen-bond donors (Lipinski definition) is 0. The lowest BCUT2D eigenvalue weighted by atomic mass is 10.0. The molecule has 1 saturated heterocycles. The molecule has 0 N–H and O–H groups in total. The van der Waals surface area contributed by atoms with E-state index >= 15 is 0 Å². The van der Waals surface area contributed by atoms with E-state index in [0.717, 1.165) is 42.6 Å². The van der Waals surface area contributed by atoms with Gasteiger partial charge in [0.1, 0.15) is 23.5 Å². The average molecular weight is 363 g/mol. The first-order chi connectivity index (χ1) is 13.2. The Morgan fingerprint density at radius 3 is 2.74 bits per heavy atom. The van der Waals surface area contributed by atoms with Gasteiger partial charge in [-0.25, -0.2) is 9.97 Å². The van der Waals surface area contributed by atoms with Crippen molar-refractivity contribution in [2.45, 2.75) is 26.4 Å². The number of hydrogen-bond acceptors (Lipinski definition) is 5. The van der Waals surface area contributed by atoms with Crippen LogP contribution in [0, 0.1) is 6.92 Å². The highest BCUT2D eigenvalue weighted by atomic mass is 16.5. The van der Waals surface area contributed by atoms with Crippen molar-refractivity contribution < 1.29 is 9.47 Å². The molecule has 27 heavy (non-hydrogen) atoms. The molecule has 4 rings (SSSR count). The van der Waals surface area contributed by atoms with E-state index in [1.807, 2.05) is 13.0 Å². The number of aromatic nitrogens is 2. The molecular formula is C22H25N3O2. The predicted octanol–water partition coefficient (Wildman–Crippen LogP) is 4.09. The fraction of sp³-hybridized carbons (Fsp3) is 0.364. The van der Waals surface area contributed by atoms with Crippen LogP contribution >= 0.6 is 0 Å². The Morgan fingerprint density at radius 2 is 1.93 bits per heavy atom. The fourth-order valence-electron chi connectivity index (χ4n) is 3.58. The molecule has 1 fully saturated rings. The summed E-state index contributed by atoms with van der Waals surface area (Å²) in [6, 6.07) is 14.8. The van der Waals surface area contributed by atoms with E-state index in [-0.39, 0.29) is 6.10 Å². The van der Waals surface area contributed by atoms with Crippen molar-refractivity contribution in [3.63, 3.8) is 0 Å². The second-order valence-corrected chi connectivity index (χ2v) is 6.90. The third kappa shape index (κ3) is 3.74. The number of methoxy groups -OCH3 is 1. The van der Waals surface area contributed by atoms with Gasteiger partial charge in [-0.15, -0.1) is 0 Å². The molecule has 5 heteroatoms. The lowest BCUT2D eigenvalue weighted by Gasteiger charge is -2.34. The molecule has 1 atom stereocenters. The third-order valence-electron chi connectivity index (χ3n) is 5.07. The summed E-state index contributed by atoms with van der Waals surface area (Å²) in [7, 11) is 1.69. The summed E-state index contributed by atoms with van der Waals surface area (Å²) >= 11 is 0. The first-order valence-electron chi connectivity index (χ1n) is 9.45. The monoisotopic (exact) mass is 363 g/mol. The van der Waals surface area contributed by atoms with E-state index < -0.39 is 0 Å². The highest BCUT2D eigenvalue weighted by Crippen LogP contribution is 2.29.